The van der Waals surface area contributed by atoms with Crippen molar-refractivity contribution in [3.8, 4) is 10.6 Å². The van der Waals surface area contributed by atoms with Crippen LogP contribution in [0.2, 0.25) is 10.0 Å². The number of rotatable bonds is 2. The predicted molar refractivity (Wildman–Crippen MR) is 86.1 cm³/mol. The number of nitrogens with two attached hydrogens (primary N) is 1. The first kappa shape index (κ1) is 14.8. The van der Waals surface area contributed by atoms with Crippen molar-refractivity contribution in [3.05, 3.63) is 39.3 Å². The van der Waals surface area contributed by atoms with E-state index in [2.05, 4.69) is 4.98 Å². The number of hydrogen-bond donors (Lipinski definition) is 1. The van der Waals surface area contributed by atoms with Crippen LogP contribution in [0.4, 0.5) is 0 Å². The van der Waals surface area contributed by atoms with E-state index in [0.717, 1.165) is 6.42 Å². The third kappa shape index (κ3) is 2.92. The first-order chi connectivity index (χ1) is 10.1. The minimum absolute atomic E-state index is 0.0602. The SMILES string of the molecule is NC1CCN(C(=O)c2csc(-c3c(Cl)cccc3Cl)n2)C1. The molecule has 2 aromatic rings. The molecule has 1 aliphatic rings. The highest BCUT2D eigenvalue weighted by Crippen LogP contribution is 2.36. The summed E-state index contributed by atoms with van der Waals surface area (Å²) >= 11 is 13.7. The van der Waals surface area contributed by atoms with Crippen molar-refractivity contribution >= 4 is 40.4 Å². The van der Waals surface area contributed by atoms with Crippen LogP contribution in [0.25, 0.3) is 10.6 Å². The highest BCUT2D eigenvalue weighted by atomic mass is 35.5. The van der Waals surface area contributed by atoms with Crippen LogP contribution in [0.15, 0.2) is 23.6 Å². The van der Waals surface area contributed by atoms with Gasteiger partial charge in [-0.1, -0.05) is 29.3 Å². The van der Waals surface area contributed by atoms with Gasteiger partial charge in [0.2, 0.25) is 0 Å². The molecule has 0 aliphatic carbocycles. The summed E-state index contributed by atoms with van der Waals surface area (Å²) in [5.41, 5.74) is 6.92. The number of thiazole rings is 1. The molecule has 4 nitrogen and oxygen atoms in total. The number of benzene rings is 1. The number of carbonyl (C=O) groups excluding carboxylic acids is 1. The molecule has 110 valence electrons. The van der Waals surface area contributed by atoms with E-state index >= 15 is 0 Å². The van der Waals surface area contributed by atoms with E-state index in [1.54, 1.807) is 28.5 Å². The Hall–Kier alpha value is -1.14. The molecule has 1 aromatic heterocycles. The van der Waals surface area contributed by atoms with Crippen LogP contribution in [0.1, 0.15) is 16.9 Å². The lowest BCUT2D eigenvalue weighted by atomic mass is 10.2. The molecular formula is C14H13Cl2N3OS. The molecule has 7 heteroatoms. The average Bonchev–Trinajstić information content (AvgIpc) is 3.07. The summed E-state index contributed by atoms with van der Waals surface area (Å²) in [6.07, 6.45) is 0.832. The Balaban J connectivity index is 1.88. The molecule has 1 aliphatic heterocycles. The third-order valence-electron chi connectivity index (χ3n) is 3.41. The van der Waals surface area contributed by atoms with E-state index in [-0.39, 0.29) is 11.9 Å². The number of likely N-dealkylation sites (tertiary alicyclic amines) is 1. The molecule has 0 spiro atoms. The van der Waals surface area contributed by atoms with E-state index in [1.807, 2.05) is 0 Å². The van der Waals surface area contributed by atoms with Crippen molar-refractivity contribution in [3.63, 3.8) is 0 Å². The van der Waals surface area contributed by atoms with Gasteiger partial charge in [0.25, 0.3) is 5.91 Å². The number of carbonyl (C=O) groups is 1. The van der Waals surface area contributed by atoms with E-state index in [9.17, 15) is 4.79 Å². The molecule has 2 N–H and O–H groups in total. The molecule has 0 bridgehead atoms. The van der Waals surface area contributed by atoms with Crippen LogP contribution in [0, 0.1) is 0 Å². The summed E-state index contributed by atoms with van der Waals surface area (Å²) in [4.78, 5) is 18.5. The zero-order valence-electron chi connectivity index (χ0n) is 11.1. The molecule has 1 unspecified atom stereocenters. The maximum absolute atomic E-state index is 12.4. The van der Waals surface area contributed by atoms with Crippen LogP contribution >= 0.6 is 34.5 Å². The molecule has 1 aromatic carbocycles. The Kier molecular flexibility index (Phi) is 4.17. The van der Waals surface area contributed by atoms with Gasteiger partial charge in [0.1, 0.15) is 10.7 Å². The van der Waals surface area contributed by atoms with Crippen LogP contribution in [-0.4, -0.2) is 34.9 Å². The maximum Gasteiger partial charge on any atom is 0.273 e. The maximum atomic E-state index is 12.4. The lowest BCUT2D eigenvalue weighted by Gasteiger charge is -2.13. The second-order valence-corrected chi connectivity index (χ2v) is 6.61. The fourth-order valence-electron chi connectivity index (χ4n) is 2.32. The van der Waals surface area contributed by atoms with Gasteiger partial charge in [-0.25, -0.2) is 4.98 Å². The van der Waals surface area contributed by atoms with Crippen LogP contribution in [0.5, 0.6) is 0 Å². The number of halogens is 2. The summed E-state index contributed by atoms with van der Waals surface area (Å²) in [6.45, 7) is 1.26. The minimum Gasteiger partial charge on any atom is -0.336 e. The van der Waals surface area contributed by atoms with Crippen molar-refractivity contribution in [2.24, 2.45) is 5.73 Å². The standard InChI is InChI=1S/C14H13Cl2N3OS/c15-9-2-1-3-10(16)12(9)13-18-11(7-21-13)14(20)19-5-4-8(17)6-19/h1-3,7-8H,4-6,17H2. The molecule has 0 saturated carbocycles. The normalized spacial score (nSPS) is 18.2. The number of aromatic nitrogens is 1. The van der Waals surface area contributed by atoms with Gasteiger partial charge in [0, 0.05) is 30.1 Å². The van der Waals surface area contributed by atoms with Crippen molar-refractivity contribution < 1.29 is 4.79 Å². The Labute approximate surface area is 136 Å². The Morgan fingerprint density at radius 3 is 2.71 bits per heavy atom. The fourth-order valence-corrected chi connectivity index (χ4v) is 3.88. The summed E-state index contributed by atoms with van der Waals surface area (Å²) in [6, 6.07) is 5.35. The second kappa shape index (κ2) is 5.93. The van der Waals surface area contributed by atoms with Crippen LogP contribution in [0.3, 0.4) is 0 Å². The van der Waals surface area contributed by atoms with Gasteiger partial charge in [-0.3, -0.25) is 4.79 Å². The second-order valence-electron chi connectivity index (χ2n) is 4.93. The molecule has 1 fully saturated rings. The predicted octanol–water partition coefficient (Wildman–Crippen LogP) is 3.29. The van der Waals surface area contributed by atoms with Crippen LogP contribution < -0.4 is 5.73 Å². The summed E-state index contributed by atoms with van der Waals surface area (Å²) < 4.78 is 0. The Bertz CT molecular complexity index is 668. The van der Waals surface area contributed by atoms with Gasteiger partial charge >= 0.3 is 0 Å². The quantitative estimate of drug-likeness (QED) is 0.911. The first-order valence-electron chi connectivity index (χ1n) is 6.51. The minimum atomic E-state index is -0.0892. The molecule has 0 radical (unpaired) electrons. The highest BCUT2D eigenvalue weighted by molar-refractivity contribution is 7.13. The molecule has 3 rings (SSSR count). The topological polar surface area (TPSA) is 59.2 Å². The van der Waals surface area contributed by atoms with Crippen molar-refractivity contribution in [1.82, 2.24) is 9.88 Å². The zero-order valence-corrected chi connectivity index (χ0v) is 13.4. The molecule has 1 amide bonds. The molecule has 2 heterocycles. The molecule has 21 heavy (non-hydrogen) atoms. The van der Waals surface area contributed by atoms with Crippen LogP contribution in [-0.2, 0) is 0 Å². The number of nitrogens with zero attached hydrogens (tertiary/aromatic N) is 2. The van der Waals surface area contributed by atoms with E-state index in [1.165, 1.54) is 11.3 Å². The summed E-state index contributed by atoms with van der Waals surface area (Å²) in [7, 11) is 0. The van der Waals surface area contributed by atoms with E-state index in [0.29, 0.717) is 39.4 Å². The van der Waals surface area contributed by atoms with E-state index in [4.69, 9.17) is 28.9 Å². The largest absolute Gasteiger partial charge is 0.336 e. The molecule has 1 atom stereocenters. The monoisotopic (exact) mass is 341 g/mol. The smallest absolute Gasteiger partial charge is 0.273 e. The highest BCUT2D eigenvalue weighted by Gasteiger charge is 2.26. The summed E-state index contributed by atoms with van der Waals surface area (Å²) in [5, 5.41) is 3.44. The number of hydrogen-bond acceptors (Lipinski definition) is 4. The van der Waals surface area contributed by atoms with Gasteiger partial charge in [0.15, 0.2) is 0 Å². The van der Waals surface area contributed by atoms with Gasteiger partial charge in [0.05, 0.1) is 10.0 Å². The Morgan fingerprint density at radius 1 is 1.38 bits per heavy atom. The molecule has 1 saturated heterocycles. The van der Waals surface area contributed by atoms with Gasteiger partial charge in [-0.05, 0) is 18.6 Å². The Morgan fingerprint density at radius 2 is 2.10 bits per heavy atom. The lowest BCUT2D eigenvalue weighted by molar-refractivity contribution is 0.0786. The van der Waals surface area contributed by atoms with E-state index < -0.39 is 0 Å². The van der Waals surface area contributed by atoms with Gasteiger partial charge in [-0.2, -0.15) is 0 Å². The molecular weight excluding hydrogens is 329 g/mol. The zero-order chi connectivity index (χ0) is 15.0. The first-order valence-corrected chi connectivity index (χ1v) is 8.14. The van der Waals surface area contributed by atoms with Crippen molar-refractivity contribution in [1.29, 1.82) is 0 Å². The lowest BCUT2D eigenvalue weighted by Crippen LogP contribution is -2.32. The third-order valence-corrected chi connectivity index (χ3v) is 4.90. The number of amides is 1. The van der Waals surface area contributed by atoms with Crippen molar-refractivity contribution in [2.75, 3.05) is 13.1 Å². The van der Waals surface area contributed by atoms with Gasteiger partial charge < -0.3 is 10.6 Å². The average molecular weight is 342 g/mol. The van der Waals surface area contributed by atoms with Crippen molar-refractivity contribution in [2.45, 2.75) is 12.5 Å². The van der Waals surface area contributed by atoms with Gasteiger partial charge in [-0.15, -0.1) is 11.3 Å². The fraction of sp³-hybridized carbons (Fsp3) is 0.286. The summed E-state index contributed by atoms with van der Waals surface area (Å²) in [5.74, 6) is -0.0892.